The van der Waals surface area contributed by atoms with E-state index in [-0.39, 0.29) is 6.10 Å². The predicted octanol–water partition coefficient (Wildman–Crippen LogP) is 5.34. The van der Waals surface area contributed by atoms with Crippen LogP contribution in [0.4, 0.5) is 0 Å². The second-order valence-corrected chi connectivity index (χ2v) is 6.30. The molecule has 3 nitrogen and oxygen atoms in total. The van der Waals surface area contributed by atoms with E-state index in [4.69, 9.17) is 37.4 Å². The van der Waals surface area contributed by atoms with E-state index >= 15 is 0 Å². The fraction of sp³-hybridized carbons (Fsp3) is 0.263. The molecule has 1 aliphatic heterocycles. The van der Waals surface area contributed by atoms with Crippen LogP contribution in [0, 0.1) is 0 Å². The monoisotopic (exact) mass is 364 g/mol. The largest absolute Gasteiger partial charge is 0.493 e. The molecule has 0 saturated carbocycles. The van der Waals surface area contributed by atoms with Crippen molar-refractivity contribution in [2.24, 2.45) is 0 Å². The van der Waals surface area contributed by atoms with Gasteiger partial charge < -0.3 is 14.2 Å². The Hall–Kier alpha value is -1.68. The second kappa shape index (κ2) is 7.93. The molecular weight excluding hydrogens is 347 g/mol. The van der Waals surface area contributed by atoms with E-state index in [1.54, 1.807) is 7.11 Å². The molecule has 1 atom stereocenters. The molecule has 126 valence electrons. The summed E-state index contributed by atoms with van der Waals surface area (Å²) in [5.74, 6) is 1.41. The van der Waals surface area contributed by atoms with Crippen molar-refractivity contribution in [1.29, 1.82) is 0 Å². The highest BCUT2D eigenvalue weighted by molar-refractivity contribution is 6.37. The van der Waals surface area contributed by atoms with Crippen molar-refractivity contribution in [3.8, 4) is 11.5 Å². The summed E-state index contributed by atoms with van der Waals surface area (Å²) >= 11 is 12.4. The Balaban J connectivity index is 1.84. The van der Waals surface area contributed by atoms with E-state index in [0.29, 0.717) is 28.2 Å². The normalized spacial score (nSPS) is 17.4. The van der Waals surface area contributed by atoms with Crippen molar-refractivity contribution in [3.05, 3.63) is 57.6 Å². The molecule has 24 heavy (non-hydrogen) atoms. The fourth-order valence-electron chi connectivity index (χ4n) is 2.52. The SMILES string of the molecule is COc1ccc(/C=C/c2c(Cl)cccc2Cl)cc1OC1CCOC1. The summed E-state index contributed by atoms with van der Waals surface area (Å²) in [5, 5.41) is 1.23. The highest BCUT2D eigenvalue weighted by atomic mass is 35.5. The highest BCUT2D eigenvalue weighted by Crippen LogP contribution is 2.32. The van der Waals surface area contributed by atoms with Crippen LogP contribution in [0.25, 0.3) is 12.2 Å². The van der Waals surface area contributed by atoms with Crippen molar-refractivity contribution < 1.29 is 14.2 Å². The van der Waals surface area contributed by atoms with Gasteiger partial charge in [-0.05, 0) is 29.8 Å². The zero-order valence-electron chi connectivity index (χ0n) is 13.3. The standard InChI is InChI=1S/C19H18Cl2O3/c1-22-18-8-6-13(11-19(18)24-14-9-10-23-12-14)5-7-15-16(20)3-2-4-17(15)21/h2-8,11,14H,9-10,12H2,1H3/b7-5+. The van der Waals surface area contributed by atoms with Crippen LogP contribution >= 0.6 is 23.2 Å². The number of hydrogen-bond donors (Lipinski definition) is 0. The first kappa shape index (κ1) is 17.2. The van der Waals surface area contributed by atoms with Crippen LogP contribution in [-0.4, -0.2) is 26.4 Å². The van der Waals surface area contributed by atoms with Crippen LogP contribution in [0.3, 0.4) is 0 Å². The Morgan fingerprint density at radius 2 is 1.88 bits per heavy atom. The third-order valence-corrected chi connectivity index (χ3v) is 4.47. The quantitative estimate of drug-likeness (QED) is 0.670. The van der Waals surface area contributed by atoms with Gasteiger partial charge in [-0.2, -0.15) is 0 Å². The molecule has 0 bridgehead atoms. The maximum atomic E-state index is 6.19. The maximum Gasteiger partial charge on any atom is 0.162 e. The van der Waals surface area contributed by atoms with Crippen LogP contribution in [0.1, 0.15) is 17.5 Å². The van der Waals surface area contributed by atoms with E-state index in [9.17, 15) is 0 Å². The van der Waals surface area contributed by atoms with Gasteiger partial charge in [0.2, 0.25) is 0 Å². The minimum absolute atomic E-state index is 0.0659. The zero-order chi connectivity index (χ0) is 16.9. The van der Waals surface area contributed by atoms with Gasteiger partial charge in [0.15, 0.2) is 11.5 Å². The van der Waals surface area contributed by atoms with Crippen molar-refractivity contribution in [2.45, 2.75) is 12.5 Å². The summed E-state index contributed by atoms with van der Waals surface area (Å²) in [4.78, 5) is 0. The molecule has 1 heterocycles. The molecule has 0 spiro atoms. The average molecular weight is 365 g/mol. The molecule has 1 saturated heterocycles. The summed E-state index contributed by atoms with van der Waals surface area (Å²) in [7, 11) is 1.63. The van der Waals surface area contributed by atoms with Crippen molar-refractivity contribution in [1.82, 2.24) is 0 Å². The molecule has 1 fully saturated rings. The van der Waals surface area contributed by atoms with E-state index in [1.807, 2.05) is 48.6 Å². The summed E-state index contributed by atoms with van der Waals surface area (Å²) in [5.41, 5.74) is 1.77. The van der Waals surface area contributed by atoms with Crippen LogP contribution in [0.15, 0.2) is 36.4 Å². The average Bonchev–Trinajstić information content (AvgIpc) is 3.08. The lowest BCUT2D eigenvalue weighted by molar-refractivity contribution is 0.138. The molecule has 1 unspecified atom stereocenters. The van der Waals surface area contributed by atoms with Gasteiger partial charge in [0.1, 0.15) is 6.10 Å². The summed E-state index contributed by atoms with van der Waals surface area (Å²) < 4.78 is 16.7. The van der Waals surface area contributed by atoms with Gasteiger partial charge in [0.25, 0.3) is 0 Å². The Labute approximate surface area is 151 Å². The zero-order valence-corrected chi connectivity index (χ0v) is 14.8. The number of methoxy groups -OCH3 is 1. The van der Waals surface area contributed by atoms with Crippen LogP contribution in [0.2, 0.25) is 10.0 Å². The summed E-state index contributed by atoms with van der Waals surface area (Å²) in [6.45, 7) is 1.34. The molecule has 0 aromatic heterocycles. The molecule has 2 aromatic carbocycles. The fourth-order valence-corrected chi connectivity index (χ4v) is 3.05. The minimum atomic E-state index is 0.0659. The van der Waals surface area contributed by atoms with Crippen LogP contribution in [0.5, 0.6) is 11.5 Å². The second-order valence-electron chi connectivity index (χ2n) is 5.48. The number of ether oxygens (including phenoxy) is 3. The minimum Gasteiger partial charge on any atom is -0.493 e. The predicted molar refractivity (Wildman–Crippen MR) is 98.2 cm³/mol. The number of hydrogen-bond acceptors (Lipinski definition) is 3. The number of rotatable bonds is 5. The molecule has 5 heteroatoms. The van der Waals surface area contributed by atoms with Gasteiger partial charge in [-0.1, -0.05) is 47.5 Å². The third-order valence-electron chi connectivity index (χ3n) is 3.81. The lowest BCUT2D eigenvalue weighted by atomic mass is 10.1. The Bertz CT molecular complexity index is 717. The molecule has 1 aliphatic rings. The van der Waals surface area contributed by atoms with Gasteiger partial charge in [-0.15, -0.1) is 0 Å². The lowest BCUT2D eigenvalue weighted by Gasteiger charge is -2.15. The number of benzene rings is 2. The molecule has 2 aromatic rings. The van der Waals surface area contributed by atoms with Gasteiger partial charge in [0.05, 0.1) is 20.3 Å². The topological polar surface area (TPSA) is 27.7 Å². The molecule has 0 radical (unpaired) electrons. The molecule has 3 rings (SSSR count). The first-order valence-electron chi connectivity index (χ1n) is 7.72. The van der Waals surface area contributed by atoms with Crippen LogP contribution in [-0.2, 0) is 4.74 Å². The first-order chi connectivity index (χ1) is 11.7. The van der Waals surface area contributed by atoms with Crippen LogP contribution < -0.4 is 9.47 Å². The summed E-state index contributed by atoms with van der Waals surface area (Å²) in [6, 6.07) is 11.2. The Kier molecular flexibility index (Phi) is 5.67. The van der Waals surface area contributed by atoms with E-state index in [1.165, 1.54) is 0 Å². The first-order valence-corrected chi connectivity index (χ1v) is 8.47. The van der Waals surface area contributed by atoms with E-state index in [2.05, 4.69) is 0 Å². The Morgan fingerprint density at radius 1 is 1.08 bits per heavy atom. The molecule has 0 aliphatic carbocycles. The Morgan fingerprint density at radius 3 is 2.54 bits per heavy atom. The smallest absolute Gasteiger partial charge is 0.162 e. The van der Waals surface area contributed by atoms with Gasteiger partial charge in [-0.3, -0.25) is 0 Å². The van der Waals surface area contributed by atoms with Crippen molar-refractivity contribution in [2.75, 3.05) is 20.3 Å². The molecule has 0 N–H and O–H groups in total. The van der Waals surface area contributed by atoms with Gasteiger partial charge in [0, 0.05) is 22.0 Å². The van der Waals surface area contributed by atoms with Gasteiger partial charge >= 0.3 is 0 Å². The van der Waals surface area contributed by atoms with Gasteiger partial charge in [-0.25, -0.2) is 0 Å². The maximum absolute atomic E-state index is 6.19. The van der Waals surface area contributed by atoms with Crippen molar-refractivity contribution in [3.63, 3.8) is 0 Å². The molecule has 0 amide bonds. The lowest BCUT2D eigenvalue weighted by Crippen LogP contribution is -2.16. The molecular formula is C19H18Cl2O3. The number of halogens is 2. The highest BCUT2D eigenvalue weighted by Gasteiger charge is 2.19. The van der Waals surface area contributed by atoms with Crippen molar-refractivity contribution >= 4 is 35.4 Å². The van der Waals surface area contributed by atoms with E-state index < -0.39 is 0 Å². The van der Waals surface area contributed by atoms with E-state index in [0.717, 1.165) is 24.2 Å². The third kappa shape index (κ3) is 4.04. The summed E-state index contributed by atoms with van der Waals surface area (Å²) in [6.07, 6.45) is 4.80.